The monoisotopic (exact) mass is 191 g/mol. The van der Waals surface area contributed by atoms with Gasteiger partial charge in [-0.2, -0.15) is 13.2 Å². The van der Waals surface area contributed by atoms with Gasteiger partial charge < -0.3 is 4.74 Å². The zero-order valence-electron chi connectivity index (χ0n) is 7.14. The van der Waals surface area contributed by atoms with Crippen LogP contribution in [0.2, 0.25) is 0 Å². The van der Waals surface area contributed by atoms with Crippen molar-refractivity contribution in [2.75, 3.05) is 0 Å². The topological polar surface area (TPSA) is 9.23 Å². The zero-order chi connectivity index (χ0) is 9.90. The molecule has 0 fully saturated rings. The number of rotatable bonds is 2. The lowest BCUT2D eigenvalue weighted by Gasteiger charge is -2.19. The Kier molecular flexibility index (Phi) is 3.01. The van der Waals surface area contributed by atoms with Crippen LogP contribution >= 0.6 is 0 Å². The van der Waals surface area contributed by atoms with E-state index < -0.39 is 12.3 Å². The molecule has 0 aliphatic heterocycles. The van der Waals surface area contributed by atoms with Crippen LogP contribution in [0, 0.1) is 6.42 Å². The van der Waals surface area contributed by atoms with Crippen molar-refractivity contribution in [2.45, 2.75) is 25.6 Å². The molecule has 1 unspecified atom stereocenters. The van der Waals surface area contributed by atoms with E-state index in [0.29, 0.717) is 6.42 Å². The van der Waals surface area contributed by atoms with Gasteiger partial charge in [0, 0.05) is 0 Å². The maximum Gasteiger partial charge on any atom is 0.425 e. The number of hydrogen-bond acceptors (Lipinski definition) is 1. The van der Waals surface area contributed by atoms with Gasteiger partial charge in [0.1, 0.15) is 5.76 Å². The first-order valence-electron chi connectivity index (χ1n) is 3.93. The van der Waals surface area contributed by atoms with Crippen LogP contribution in [0.3, 0.4) is 0 Å². The van der Waals surface area contributed by atoms with E-state index >= 15 is 0 Å². The molecule has 0 saturated carbocycles. The van der Waals surface area contributed by atoms with Gasteiger partial charge in [-0.1, -0.05) is 6.08 Å². The zero-order valence-corrected chi connectivity index (χ0v) is 7.14. The summed E-state index contributed by atoms with van der Waals surface area (Å²) < 4.78 is 40.7. The van der Waals surface area contributed by atoms with E-state index in [1.54, 1.807) is 12.2 Å². The normalized spacial score (nSPS) is 19.5. The molecule has 1 aliphatic carbocycles. The van der Waals surface area contributed by atoms with Crippen molar-refractivity contribution in [1.82, 2.24) is 0 Å². The van der Waals surface area contributed by atoms with Crippen LogP contribution < -0.4 is 0 Å². The first-order valence-corrected chi connectivity index (χ1v) is 3.93. The maximum absolute atomic E-state index is 12.0. The summed E-state index contributed by atoms with van der Waals surface area (Å²) in [6.45, 7) is 0.993. The van der Waals surface area contributed by atoms with Crippen molar-refractivity contribution in [3.05, 3.63) is 30.4 Å². The van der Waals surface area contributed by atoms with Crippen LogP contribution in [0.1, 0.15) is 13.3 Å². The van der Waals surface area contributed by atoms with Crippen LogP contribution in [0.5, 0.6) is 0 Å². The molecule has 1 aliphatic rings. The molecule has 0 N–H and O–H groups in total. The summed E-state index contributed by atoms with van der Waals surface area (Å²) >= 11 is 0. The van der Waals surface area contributed by atoms with Crippen molar-refractivity contribution < 1.29 is 17.9 Å². The molecule has 1 radical (unpaired) electrons. The Hall–Kier alpha value is -0.930. The first-order chi connectivity index (χ1) is 6.00. The minimum atomic E-state index is -4.30. The summed E-state index contributed by atoms with van der Waals surface area (Å²) in [4.78, 5) is 0. The molecule has 0 aromatic carbocycles. The molecule has 0 amide bonds. The molecule has 0 saturated heterocycles. The number of allylic oxidation sites excluding steroid dienone is 3. The molecule has 0 spiro atoms. The highest BCUT2D eigenvalue weighted by Crippen LogP contribution is 2.25. The van der Waals surface area contributed by atoms with Crippen LogP contribution in [0.25, 0.3) is 0 Å². The predicted octanol–water partition coefficient (Wildman–Crippen LogP) is 3.00. The molecular formula is C9H10F3O. The van der Waals surface area contributed by atoms with Gasteiger partial charge in [0.2, 0.25) is 0 Å². The Morgan fingerprint density at radius 2 is 2.15 bits per heavy atom. The van der Waals surface area contributed by atoms with Crippen molar-refractivity contribution in [3.63, 3.8) is 0 Å². The average Bonchev–Trinajstić information content (AvgIpc) is 2.04. The molecule has 13 heavy (non-hydrogen) atoms. The van der Waals surface area contributed by atoms with Crippen molar-refractivity contribution >= 4 is 0 Å². The van der Waals surface area contributed by atoms with Gasteiger partial charge in [-0.15, -0.1) is 0 Å². The molecule has 0 heterocycles. The van der Waals surface area contributed by atoms with Crippen LogP contribution in [-0.2, 0) is 4.74 Å². The van der Waals surface area contributed by atoms with Crippen molar-refractivity contribution in [2.24, 2.45) is 0 Å². The number of ether oxygens (including phenoxy) is 1. The first kappa shape index (κ1) is 10.2. The van der Waals surface area contributed by atoms with Crippen LogP contribution in [0.4, 0.5) is 13.2 Å². The Bertz CT molecular complexity index is 228. The lowest BCUT2D eigenvalue weighted by molar-refractivity contribution is -0.202. The summed E-state index contributed by atoms with van der Waals surface area (Å²) in [5.41, 5.74) is 0. The molecule has 4 heteroatoms. The molecule has 1 rings (SSSR count). The average molecular weight is 191 g/mol. The van der Waals surface area contributed by atoms with Crippen molar-refractivity contribution in [3.8, 4) is 0 Å². The lowest BCUT2D eigenvalue weighted by Crippen LogP contribution is -2.28. The second-order valence-electron chi connectivity index (χ2n) is 2.74. The molecule has 1 atom stereocenters. The predicted molar refractivity (Wildman–Crippen MR) is 42.7 cm³/mol. The highest BCUT2D eigenvalue weighted by molar-refractivity contribution is 5.21. The van der Waals surface area contributed by atoms with Gasteiger partial charge in [0.15, 0.2) is 6.10 Å². The highest BCUT2D eigenvalue weighted by Gasteiger charge is 2.38. The smallest absolute Gasteiger partial charge is 0.425 e. The molecule has 73 valence electrons. The summed E-state index contributed by atoms with van der Waals surface area (Å²) in [5, 5.41) is 0. The Morgan fingerprint density at radius 3 is 2.62 bits per heavy atom. The van der Waals surface area contributed by atoms with E-state index in [0.717, 1.165) is 6.92 Å². The minimum Gasteiger partial charge on any atom is -0.482 e. The Balaban J connectivity index is 2.49. The van der Waals surface area contributed by atoms with E-state index in [-0.39, 0.29) is 5.76 Å². The minimum absolute atomic E-state index is 0.285. The molecular weight excluding hydrogens is 181 g/mol. The van der Waals surface area contributed by atoms with Crippen LogP contribution in [-0.4, -0.2) is 12.3 Å². The van der Waals surface area contributed by atoms with E-state index in [2.05, 4.69) is 4.74 Å². The van der Waals surface area contributed by atoms with E-state index in [1.165, 1.54) is 6.08 Å². The quantitative estimate of drug-likeness (QED) is 0.651. The summed E-state index contributed by atoms with van der Waals surface area (Å²) in [6.07, 6.45) is 1.23. The lowest BCUT2D eigenvalue weighted by atomic mass is 10.2. The number of halogens is 3. The molecule has 0 aromatic rings. The second kappa shape index (κ2) is 3.85. The summed E-state index contributed by atoms with van der Waals surface area (Å²) in [5.74, 6) is 0.285. The number of hydrogen-bond donors (Lipinski definition) is 0. The van der Waals surface area contributed by atoms with Crippen LogP contribution in [0.15, 0.2) is 24.0 Å². The summed E-state index contributed by atoms with van der Waals surface area (Å²) in [6, 6.07) is 0. The Labute approximate surface area is 74.9 Å². The van der Waals surface area contributed by atoms with Gasteiger partial charge in [0.25, 0.3) is 0 Å². The fraction of sp³-hybridized carbons (Fsp3) is 0.444. The summed E-state index contributed by atoms with van der Waals surface area (Å²) in [7, 11) is 0. The standard InChI is InChI=1S/C9H10F3O/c1-7(9(10,11)12)13-8-5-3-2-4-6-8/h2-3,5-7H,4H2,1H3. The van der Waals surface area contributed by atoms with E-state index in [9.17, 15) is 13.2 Å². The molecule has 0 aromatic heterocycles. The third kappa shape index (κ3) is 3.13. The fourth-order valence-electron chi connectivity index (χ4n) is 0.852. The fourth-order valence-corrected chi connectivity index (χ4v) is 0.852. The Morgan fingerprint density at radius 1 is 1.46 bits per heavy atom. The SMILES string of the molecule is CC(OC1=CC[CH]C=C1)C(F)(F)F. The van der Waals surface area contributed by atoms with Gasteiger partial charge in [-0.25, -0.2) is 0 Å². The van der Waals surface area contributed by atoms with E-state index in [1.807, 2.05) is 6.42 Å². The highest BCUT2D eigenvalue weighted by atomic mass is 19.4. The number of alkyl halides is 3. The van der Waals surface area contributed by atoms with E-state index in [4.69, 9.17) is 0 Å². The molecule has 0 bridgehead atoms. The third-order valence-corrected chi connectivity index (χ3v) is 1.63. The second-order valence-corrected chi connectivity index (χ2v) is 2.74. The maximum atomic E-state index is 12.0. The van der Waals surface area contributed by atoms with Gasteiger partial charge >= 0.3 is 6.18 Å². The van der Waals surface area contributed by atoms with Crippen molar-refractivity contribution in [1.29, 1.82) is 0 Å². The third-order valence-electron chi connectivity index (χ3n) is 1.63. The largest absolute Gasteiger partial charge is 0.482 e. The van der Waals surface area contributed by atoms with Gasteiger partial charge in [-0.05, 0) is 31.9 Å². The molecule has 1 nitrogen and oxygen atoms in total. The van der Waals surface area contributed by atoms with Gasteiger partial charge in [0.05, 0.1) is 0 Å². The van der Waals surface area contributed by atoms with Gasteiger partial charge in [-0.3, -0.25) is 0 Å².